The van der Waals surface area contributed by atoms with E-state index in [0.717, 1.165) is 11.0 Å². The second-order valence-electron chi connectivity index (χ2n) is 8.59. The van der Waals surface area contributed by atoms with E-state index in [9.17, 15) is 0 Å². The Balaban J connectivity index is 2.18. The standard InChI is InChI=1S/C25H44NO/c1-6-8-9-10-11-12-13-14-15-16-17-24-18-20-25(21-19-24)22-26(4,5)23(3)27-7-2/h7,18-21,23H,2,6,8-17,22H2,1,3-5H3/q+1. The van der Waals surface area contributed by atoms with Crippen LogP contribution in [0, 0.1) is 0 Å². The molecule has 0 saturated heterocycles. The number of quaternary nitrogens is 1. The fourth-order valence-corrected chi connectivity index (χ4v) is 3.53. The van der Waals surface area contributed by atoms with Gasteiger partial charge in [0.25, 0.3) is 0 Å². The summed E-state index contributed by atoms with van der Waals surface area (Å²) in [5.74, 6) is 0. The van der Waals surface area contributed by atoms with Crippen LogP contribution in [0.4, 0.5) is 0 Å². The summed E-state index contributed by atoms with van der Waals surface area (Å²) in [5.41, 5.74) is 2.84. The number of benzene rings is 1. The van der Waals surface area contributed by atoms with Gasteiger partial charge in [-0.15, -0.1) is 0 Å². The summed E-state index contributed by atoms with van der Waals surface area (Å²) in [5, 5.41) is 0. The van der Waals surface area contributed by atoms with Crippen molar-refractivity contribution in [1.82, 2.24) is 0 Å². The van der Waals surface area contributed by atoms with Gasteiger partial charge in [0, 0.05) is 12.5 Å². The van der Waals surface area contributed by atoms with Crippen molar-refractivity contribution in [3.63, 3.8) is 0 Å². The SMILES string of the molecule is C=COC(C)[N+](C)(C)Cc1ccc(CCCCCCCCCCCC)cc1. The maximum absolute atomic E-state index is 5.56. The van der Waals surface area contributed by atoms with Gasteiger partial charge in [-0.25, -0.2) is 0 Å². The molecule has 0 aliphatic carbocycles. The lowest BCUT2D eigenvalue weighted by atomic mass is 10.0. The average molecular weight is 375 g/mol. The Morgan fingerprint density at radius 3 is 1.85 bits per heavy atom. The maximum Gasteiger partial charge on any atom is 0.229 e. The van der Waals surface area contributed by atoms with Crippen LogP contribution in [0.2, 0.25) is 0 Å². The third kappa shape index (κ3) is 10.6. The summed E-state index contributed by atoms with van der Waals surface area (Å²) in [4.78, 5) is 0. The molecule has 0 heterocycles. The number of hydrogen-bond acceptors (Lipinski definition) is 1. The van der Waals surface area contributed by atoms with E-state index in [1.165, 1.54) is 81.8 Å². The van der Waals surface area contributed by atoms with Gasteiger partial charge in [0.1, 0.15) is 6.54 Å². The van der Waals surface area contributed by atoms with E-state index >= 15 is 0 Å². The van der Waals surface area contributed by atoms with Crippen molar-refractivity contribution in [3.8, 4) is 0 Å². The molecule has 154 valence electrons. The summed E-state index contributed by atoms with van der Waals surface area (Å²) in [6.45, 7) is 9.02. The number of nitrogens with zero attached hydrogens (tertiary/aromatic N) is 1. The first-order chi connectivity index (χ1) is 13.0. The largest absolute Gasteiger partial charge is 0.451 e. The van der Waals surface area contributed by atoms with Gasteiger partial charge in [0.2, 0.25) is 6.23 Å². The molecule has 0 fully saturated rings. The molecule has 0 saturated carbocycles. The zero-order valence-electron chi connectivity index (χ0n) is 18.5. The molecule has 0 aliphatic rings. The van der Waals surface area contributed by atoms with Crippen LogP contribution in [-0.4, -0.2) is 24.8 Å². The summed E-state index contributed by atoms with van der Waals surface area (Å²) >= 11 is 0. The van der Waals surface area contributed by atoms with Gasteiger partial charge >= 0.3 is 0 Å². The molecular weight excluding hydrogens is 330 g/mol. The Kier molecular flexibility index (Phi) is 12.2. The third-order valence-corrected chi connectivity index (χ3v) is 5.71. The third-order valence-electron chi connectivity index (χ3n) is 5.71. The first-order valence-corrected chi connectivity index (χ1v) is 11.2. The van der Waals surface area contributed by atoms with Crippen molar-refractivity contribution in [2.24, 2.45) is 0 Å². The smallest absolute Gasteiger partial charge is 0.229 e. The van der Waals surface area contributed by atoms with Gasteiger partial charge < -0.3 is 4.74 Å². The van der Waals surface area contributed by atoms with E-state index in [4.69, 9.17) is 4.74 Å². The van der Waals surface area contributed by atoms with Crippen LogP contribution in [0.25, 0.3) is 0 Å². The first-order valence-electron chi connectivity index (χ1n) is 11.2. The molecule has 0 aliphatic heterocycles. The van der Waals surface area contributed by atoms with Gasteiger partial charge in [-0.2, -0.15) is 0 Å². The predicted molar refractivity (Wildman–Crippen MR) is 119 cm³/mol. The Morgan fingerprint density at radius 2 is 1.33 bits per heavy atom. The minimum absolute atomic E-state index is 0.105. The summed E-state index contributed by atoms with van der Waals surface area (Å²) in [6.07, 6.45) is 16.9. The lowest BCUT2D eigenvalue weighted by Crippen LogP contribution is -2.47. The van der Waals surface area contributed by atoms with E-state index < -0.39 is 0 Å². The number of rotatable bonds is 16. The highest BCUT2D eigenvalue weighted by Crippen LogP contribution is 2.17. The number of unbranched alkanes of at least 4 members (excludes halogenated alkanes) is 9. The van der Waals surface area contributed by atoms with Crippen LogP contribution in [0.5, 0.6) is 0 Å². The van der Waals surface area contributed by atoms with Crippen LogP contribution in [0.3, 0.4) is 0 Å². The van der Waals surface area contributed by atoms with Gasteiger partial charge in [0.05, 0.1) is 20.4 Å². The molecule has 0 spiro atoms. The monoisotopic (exact) mass is 374 g/mol. The van der Waals surface area contributed by atoms with Crippen molar-refractivity contribution < 1.29 is 9.22 Å². The molecule has 0 N–H and O–H groups in total. The molecule has 0 amide bonds. The molecule has 2 nitrogen and oxygen atoms in total. The molecular formula is C25H44NO+. The lowest BCUT2D eigenvalue weighted by Gasteiger charge is -2.34. The maximum atomic E-state index is 5.56. The van der Waals surface area contributed by atoms with Gasteiger partial charge in [0.15, 0.2) is 0 Å². The van der Waals surface area contributed by atoms with E-state index in [1.54, 1.807) is 6.26 Å². The zero-order chi connectivity index (χ0) is 20.0. The Morgan fingerprint density at radius 1 is 0.852 bits per heavy atom. The van der Waals surface area contributed by atoms with Crippen molar-refractivity contribution in [1.29, 1.82) is 0 Å². The fraction of sp³-hybridized carbons (Fsp3) is 0.680. The van der Waals surface area contributed by atoms with Gasteiger partial charge in [-0.05, 0) is 18.4 Å². The molecule has 1 rings (SSSR count). The Bertz CT molecular complexity index is 492. The van der Waals surface area contributed by atoms with Crippen LogP contribution in [0.15, 0.2) is 37.1 Å². The fourth-order valence-electron chi connectivity index (χ4n) is 3.53. The molecule has 1 unspecified atom stereocenters. The Hall–Kier alpha value is -1.28. The quantitative estimate of drug-likeness (QED) is 0.128. The minimum Gasteiger partial charge on any atom is -0.451 e. The van der Waals surface area contributed by atoms with E-state index in [2.05, 4.69) is 58.8 Å². The minimum atomic E-state index is 0.105. The molecule has 0 bridgehead atoms. The second-order valence-corrected chi connectivity index (χ2v) is 8.59. The van der Waals surface area contributed by atoms with Crippen molar-refractivity contribution >= 4 is 0 Å². The molecule has 2 heteroatoms. The van der Waals surface area contributed by atoms with Gasteiger partial charge in [-0.1, -0.05) is 95.6 Å². The number of aryl methyl sites for hydroxylation is 1. The summed E-state index contributed by atoms with van der Waals surface area (Å²) < 4.78 is 6.35. The van der Waals surface area contributed by atoms with Gasteiger partial charge in [-0.3, -0.25) is 4.48 Å². The van der Waals surface area contributed by atoms with Crippen LogP contribution in [-0.2, 0) is 17.7 Å². The zero-order valence-corrected chi connectivity index (χ0v) is 18.5. The van der Waals surface area contributed by atoms with Crippen molar-refractivity contribution in [3.05, 3.63) is 48.2 Å². The molecule has 1 aromatic rings. The highest BCUT2D eigenvalue weighted by Gasteiger charge is 2.24. The van der Waals surface area contributed by atoms with Crippen LogP contribution in [0.1, 0.15) is 89.2 Å². The number of hydrogen-bond donors (Lipinski definition) is 0. The van der Waals surface area contributed by atoms with Crippen LogP contribution >= 0.6 is 0 Å². The molecule has 1 aromatic carbocycles. The predicted octanol–water partition coefficient (Wildman–Crippen LogP) is 7.23. The van der Waals surface area contributed by atoms with E-state index in [-0.39, 0.29) is 6.23 Å². The van der Waals surface area contributed by atoms with E-state index in [1.807, 2.05) is 0 Å². The summed E-state index contributed by atoms with van der Waals surface area (Å²) in [6, 6.07) is 9.18. The molecule has 1 atom stereocenters. The van der Waals surface area contributed by atoms with Crippen molar-refractivity contribution in [2.45, 2.75) is 97.2 Å². The Labute approximate surface area is 169 Å². The topological polar surface area (TPSA) is 9.23 Å². The normalized spacial score (nSPS) is 12.7. The molecule has 0 aromatic heterocycles. The summed E-state index contributed by atoms with van der Waals surface area (Å²) in [7, 11) is 4.40. The van der Waals surface area contributed by atoms with Crippen LogP contribution < -0.4 is 0 Å². The average Bonchev–Trinajstić information content (AvgIpc) is 2.64. The second kappa shape index (κ2) is 13.8. The van der Waals surface area contributed by atoms with Crippen molar-refractivity contribution in [2.75, 3.05) is 14.1 Å². The molecule has 27 heavy (non-hydrogen) atoms. The highest BCUT2D eigenvalue weighted by atomic mass is 16.5. The lowest BCUT2D eigenvalue weighted by molar-refractivity contribution is -0.946. The number of ether oxygens (including phenoxy) is 1. The first kappa shape index (κ1) is 23.8. The molecule has 0 radical (unpaired) electrons. The van der Waals surface area contributed by atoms with E-state index in [0.29, 0.717) is 0 Å². The highest BCUT2D eigenvalue weighted by molar-refractivity contribution is 5.22.